The van der Waals surface area contributed by atoms with Crippen LogP contribution in [-0.2, 0) is 6.42 Å². The lowest BCUT2D eigenvalue weighted by Gasteiger charge is -2.24. The maximum Gasteiger partial charge on any atom is 0.254 e. The van der Waals surface area contributed by atoms with E-state index < -0.39 is 0 Å². The van der Waals surface area contributed by atoms with Crippen LogP contribution >= 0.6 is 11.8 Å². The number of carbonyl (C=O) groups is 1. The second-order valence-corrected chi connectivity index (χ2v) is 5.71. The van der Waals surface area contributed by atoms with Gasteiger partial charge in [-0.2, -0.15) is 11.8 Å². The van der Waals surface area contributed by atoms with E-state index in [9.17, 15) is 4.79 Å². The molecule has 0 aliphatic carbocycles. The summed E-state index contributed by atoms with van der Waals surface area (Å²) < 4.78 is 0. The van der Waals surface area contributed by atoms with Crippen molar-refractivity contribution in [3.05, 3.63) is 23.4 Å². The lowest BCUT2D eigenvalue weighted by atomic mass is 10.1. The lowest BCUT2D eigenvalue weighted by Crippen LogP contribution is -2.37. The van der Waals surface area contributed by atoms with Crippen molar-refractivity contribution >= 4 is 23.5 Å². The molecular weight excluding hydrogens is 246 g/mol. The van der Waals surface area contributed by atoms with Gasteiger partial charge in [0.15, 0.2) is 0 Å². The van der Waals surface area contributed by atoms with Crippen LogP contribution in [0.25, 0.3) is 0 Å². The largest absolute Gasteiger partial charge is 0.384 e. The molecule has 1 unspecified atom stereocenters. The molecule has 0 spiro atoms. The molecule has 0 bridgehead atoms. The van der Waals surface area contributed by atoms with Gasteiger partial charge < -0.3 is 10.6 Å². The Bertz CT molecular complexity index is 444. The Morgan fingerprint density at radius 1 is 1.61 bits per heavy atom. The number of carbonyl (C=O) groups excluding carboxylic acids is 1. The molecular formula is C13H19N3OS. The molecule has 2 rings (SSSR count). The average Bonchev–Trinajstić information content (AvgIpc) is 2.90. The van der Waals surface area contributed by atoms with Crippen LogP contribution in [-0.4, -0.2) is 40.4 Å². The van der Waals surface area contributed by atoms with Crippen molar-refractivity contribution in [2.45, 2.75) is 25.8 Å². The number of pyridine rings is 1. The van der Waals surface area contributed by atoms with Crippen LogP contribution in [0.3, 0.4) is 0 Å². The van der Waals surface area contributed by atoms with Crippen molar-refractivity contribution < 1.29 is 4.79 Å². The van der Waals surface area contributed by atoms with Gasteiger partial charge in [-0.3, -0.25) is 4.79 Å². The molecule has 1 aliphatic heterocycles. The molecule has 1 aromatic rings. The fourth-order valence-corrected chi connectivity index (χ4v) is 3.38. The summed E-state index contributed by atoms with van der Waals surface area (Å²) in [4.78, 5) is 18.4. The first kappa shape index (κ1) is 13.2. The van der Waals surface area contributed by atoms with Gasteiger partial charge in [-0.25, -0.2) is 4.98 Å². The van der Waals surface area contributed by atoms with Crippen LogP contribution in [0.5, 0.6) is 0 Å². The summed E-state index contributed by atoms with van der Waals surface area (Å²) in [5.74, 6) is 2.64. The first-order chi connectivity index (χ1) is 8.61. The minimum Gasteiger partial charge on any atom is -0.384 e. The summed E-state index contributed by atoms with van der Waals surface area (Å²) in [7, 11) is 1.88. The van der Waals surface area contributed by atoms with Gasteiger partial charge in [0.1, 0.15) is 5.82 Å². The SMILES string of the molecule is CCc1cc(C(=O)N(C)C2CCSC2)cc(N)n1. The van der Waals surface area contributed by atoms with Crippen LogP contribution in [0.1, 0.15) is 29.4 Å². The van der Waals surface area contributed by atoms with E-state index >= 15 is 0 Å². The Kier molecular flexibility index (Phi) is 4.11. The Hall–Kier alpha value is -1.23. The highest BCUT2D eigenvalue weighted by Crippen LogP contribution is 2.23. The summed E-state index contributed by atoms with van der Waals surface area (Å²) in [6.45, 7) is 2.01. The molecule has 2 heterocycles. The molecule has 1 fully saturated rings. The first-order valence-electron chi connectivity index (χ1n) is 6.23. The van der Waals surface area contributed by atoms with Gasteiger partial charge in [-0.15, -0.1) is 0 Å². The van der Waals surface area contributed by atoms with Crippen molar-refractivity contribution in [2.75, 3.05) is 24.3 Å². The molecule has 4 nitrogen and oxygen atoms in total. The molecule has 1 atom stereocenters. The first-order valence-corrected chi connectivity index (χ1v) is 7.38. The fraction of sp³-hybridized carbons (Fsp3) is 0.538. The Labute approximate surface area is 112 Å². The normalized spacial score (nSPS) is 18.9. The van der Waals surface area contributed by atoms with Crippen LogP contribution in [0.15, 0.2) is 12.1 Å². The lowest BCUT2D eigenvalue weighted by molar-refractivity contribution is 0.0747. The molecule has 5 heteroatoms. The Morgan fingerprint density at radius 3 is 3.00 bits per heavy atom. The maximum atomic E-state index is 12.4. The molecule has 1 aliphatic rings. The Balaban J connectivity index is 2.19. The standard InChI is InChI=1S/C13H19N3OS/c1-3-10-6-9(7-12(14)15-10)13(17)16(2)11-4-5-18-8-11/h6-7,11H,3-5,8H2,1-2H3,(H2,14,15). The smallest absolute Gasteiger partial charge is 0.254 e. The van der Waals surface area contributed by atoms with Gasteiger partial charge >= 0.3 is 0 Å². The zero-order valence-electron chi connectivity index (χ0n) is 10.8. The zero-order chi connectivity index (χ0) is 13.1. The minimum absolute atomic E-state index is 0.0475. The number of amides is 1. The number of nitrogens with two attached hydrogens (primary N) is 1. The second-order valence-electron chi connectivity index (χ2n) is 4.56. The monoisotopic (exact) mass is 265 g/mol. The van der Waals surface area contributed by atoms with Crippen molar-refractivity contribution in [3.8, 4) is 0 Å². The van der Waals surface area contributed by atoms with Crippen molar-refractivity contribution in [2.24, 2.45) is 0 Å². The van der Waals surface area contributed by atoms with Gasteiger partial charge in [0.25, 0.3) is 5.91 Å². The van der Waals surface area contributed by atoms with E-state index in [-0.39, 0.29) is 5.91 Å². The molecule has 0 radical (unpaired) electrons. The minimum atomic E-state index is 0.0475. The number of nitrogen functional groups attached to an aromatic ring is 1. The number of anilines is 1. The molecule has 1 saturated heterocycles. The molecule has 1 amide bonds. The van der Waals surface area contributed by atoms with Crippen molar-refractivity contribution in [1.82, 2.24) is 9.88 Å². The highest BCUT2D eigenvalue weighted by atomic mass is 32.2. The molecule has 1 aromatic heterocycles. The number of thioether (sulfide) groups is 1. The Morgan fingerprint density at radius 2 is 2.39 bits per heavy atom. The van der Waals surface area contributed by atoms with E-state index in [1.54, 1.807) is 6.07 Å². The predicted octanol–water partition coefficient (Wildman–Crippen LogP) is 1.80. The number of rotatable bonds is 3. The summed E-state index contributed by atoms with van der Waals surface area (Å²) in [6, 6.07) is 3.86. The number of hydrogen-bond acceptors (Lipinski definition) is 4. The van der Waals surface area contributed by atoms with Gasteiger partial charge in [0.2, 0.25) is 0 Å². The van der Waals surface area contributed by atoms with Crippen LogP contribution < -0.4 is 5.73 Å². The summed E-state index contributed by atoms with van der Waals surface area (Å²) in [5.41, 5.74) is 7.26. The highest BCUT2D eigenvalue weighted by Gasteiger charge is 2.25. The third-order valence-electron chi connectivity index (χ3n) is 3.28. The topological polar surface area (TPSA) is 59.2 Å². The third kappa shape index (κ3) is 2.77. The summed E-state index contributed by atoms with van der Waals surface area (Å²) >= 11 is 1.90. The fourth-order valence-electron chi connectivity index (χ4n) is 2.11. The van der Waals surface area contributed by atoms with E-state index in [1.165, 1.54) is 0 Å². The molecule has 98 valence electrons. The van der Waals surface area contributed by atoms with Crippen molar-refractivity contribution in [1.29, 1.82) is 0 Å². The maximum absolute atomic E-state index is 12.4. The molecule has 0 aromatic carbocycles. The van der Waals surface area contributed by atoms with Crippen LogP contribution in [0, 0.1) is 0 Å². The van der Waals surface area contributed by atoms with Gasteiger partial charge in [0.05, 0.1) is 0 Å². The van der Waals surface area contributed by atoms with E-state index in [0.717, 1.165) is 30.0 Å². The van der Waals surface area contributed by atoms with E-state index in [4.69, 9.17) is 5.73 Å². The third-order valence-corrected chi connectivity index (χ3v) is 4.43. The summed E-state index contributed by atoms with van der Waals surface area (Å²) in [6.07, 6.45) is 1.86. The van der Waals surface area contributed by atoms with Gasteiger partial charge in [0, 0.05) is 30.1 Å². The summed E-state index contributed by atoms with van der Waals surface area (Å²) in [5, 5.41) is 0. The van der Waals surface area contributed by atoms with Crippen molar-refractivity contribution in [3.63, 3.8) is 0 Å². The highest BCUT2D eigenvalue weighted by molar-refractivity contribution is 7.99. The quantitative estimate of drug-likeness (QED) is 0.905. The second kappa shape index (κ2) is 5.61. The number of aromatic nitrogens is 1. The molecule has 0 saturated carbocycles. The van der Waals surface area contributed by atoms with Gasteiger partial charge in [-0.05, 0) is 30.7 Å². The van der Waals surface area contributed by atoms with Gasteiger partial charge in [-0.1, -0.05) is 6.92 Å². The number of nitrogens with zero attached hydrogens (tertiary/aromatic N) is 2. The number of hydrogen-bond donors (Lipinski definition) is 1. The zero-order valence-corrected chi connectivity index (χ0v) is 11.7. The molecule has 2 N–H and O–H groups in total. The van der Waals surface area contributed by atoms with E-state index in [1.807, 2.05) is 36.7 Å². The van der Waals surface area contributed by atoms with Crippen LogP contribution in [0.4, 0.5) is 5.82 Å². The average molecular weight is 265 g/mol. The molecule has 18 heavy (non-hydrogen) atoms. The predicted molar refractivity (Wildman–Crippen MR) is 75.9 cm³/mol. The van der Waals surface area contributed by atoms with E-state index in [2.05, 4.69) is 4.98 Å². The van der Waals surface area contributed by atoms with Crippen LogP contribution in [0.2, 0.25) is 0 Å². The van der Waals surface area contributed by atoms with E-state index in [0.29, 0.717) is 17.4 Å². The number of aryl methyl sites for hydroxylation is 1.